The summed E-state index contributed by atoms with van der Waals surface area (Å²) in [6.07, 6.45) is -5.90. The zero-order valence-electron chi connectivity index (χ0n) is 18.9. The van der Waals surface area contributed by atoms with Crippen molar-refractivity contribution in [3.05, 3.63) is 52.9 Å². The average Bonchev–Trinajstić information content (AvgIpc) is 3.05. The van der Waals surface area contributed by atoms with Gasteiger partial charge in [-0.05, 0) is 31.5 Å². The summed E-state index contributed by atoms with van der Waals surface area (Å²) in [6.45, 7) is -0.506. The molecule has 3 N–H and O–H groups in total. The number of anilines is 1. The highest BCUT2D eigenvalue weighted by atomic mass is 19.4. The highest BCUT2D eigenvalue weighted by Crippen LogP contribution is 2.55. The third-order valence-electron chi connectivity index (χ3n) is 6.19. The highest BCUT2D eigenvalue weighted by molar-refractivity contribution is 5.98. The summed E-state index contributed by atoms with van der Waals surface area (Å²) in [6, 6.07) is 2.35. The minimum atomic E-state index is -5.05. The number of benzene rings is 1. The van der Waals surface area contributed by atoms with E-state index in [2.05, 4.69) is 15.0 Å². The Morgan fingerprint density at radius 3 is 2.44 bits per heavy atom. The number of nitrogens with two attached hydrogens (primary N) is 1. The van der Waals surface area contributed by atoms with Gasteiger partial charge in [-0.3, -0.25) is 14.6 Å². The lowest BCUT2D eigenvalue weighted by Gasteiger charge is -2.32. The third kappa shape index (κ3) is 4.81. The number of aryl methyl sites for hydroxylation is 1. The molecule has 4 atom stereocenters. The number of pyridine rings is 1. The van der Waals surface area contributed by atoms with Gasteiger partial charge in [0.1, 0.15) is 11.8 Å². The molecule has 196 valence electrons. The first kappa shape index (κ1) is 27.2. The van der Waals surface area contributed by atoms with E-state index in [0.29, 0.717) is 18.6 Å². The largest absolute Gasteiger partial charge is 0.431 e. The number of carbonyl (C=O) groups is 2. The summed E-state index contributed by atoms with van der Waals surface area (Å²) >= 11 is 0. The van der Waals surface area contributed by atoms with Gasteiger partial charge in [-0.1, -0.05) is 13.0 Å². The van der Waals surface area contributed by atoms with Crippen LogP contribution in [0.4, 0.5) is 36.4 Å². The molecule has 2 heterocycles. The Hall–Kier alpha value is -3.42. The van der Waals surface area contributed by atoms with Gasteiger partial charge < -0.3 is 20.5 Å². The van der Waals surface area contributed by atoms with Crippen LogP contribution >= 0.6 is 0 Å². The molecule has 7 nitrogen and oxygen atoms in total. The smallest absolute Gasteiger partial charge is 0.417 e. The predicted molar refractivity (Wildman–Crippen MR) is 110 cm³/mol. The lowest BCUT2D eigenvalue weighted by molar-refractivity contribution is -0.272. The average molecular weight is 523 g/mol. The van der Waals surface area contributed by atoms with Crippen molar-refractivity contribution in [1.82, 2.24) is 4.98 Å². The van der Waals surface area contributed by atoms with E-state index in [1.54, 1.807) is 0 Å². The molecule has 1 aliphatic rings. The van der Waals surface area contributed by atoms with E-state index in [4.69, 9.17) is 10.5 Å². The van der Waals surface area contributed by atoms with E-state index < -0.39 is 71.1 Å². The van der Waals surface area contributed by atoms with E-state index in [-0.39, 0.29) is 11.4 Å². The molecule has 1 aromatic heterocycles. The summed E-state index contributed by atoms with van der Waals surface area (Å²) < 4.78 is 105. The maximum Gasteiger partial charge on any atom is 0.417 e. The molecule has 2 amide bonds. The number of rotatable bonds is 6. The number of nitrogens with one attached hydrogen (secondary N) is 1. The van der Waals surface area contributed by atoms with Gasteiger partial charge in [0, 0.05) is 29.3 Å². The molecule has 0 spiro atoms. The Morgan fingerprint density at radius 2 is 1.89 bits per heavy atom. The Bertz CT molecular complexity index is 1190. The Kier molecular flexibility index (Phi) is 7.22. The van der Waals surface area contributed by atoms with Crippen molar-refractivity contribution in [3.63, 3.8) is 0 Å². The van der Waals surface area contributed by atoms with Gasteiger partial charge in [-0.2, -0.15) is 26.3 Å². The fraction of sp³-hybridized carbons (Fsp3) is 0.409. The monoisotopic (exact) mass is 523 g/mol. The predicted octanol–water partition coefficient (Wildman–Crippen LogP) is 4.45. The minimum absolute atomic E-state index is 0.0474. The number of carbonyl (C=O) groups excluding carboxylic acids is 2. The molecule has 3 rings (SSSR count). The normalized spacial score (nSPS) is 24.1. The maximum absolute atomic E-state index is 14.4. The molecule has 0 radical (unpaired) electrons. The molecular weight excluding hydrogens is 503 g/mol. The second-order valence-corrected chi connectivity index (χ2v) is 8.35. The number of amides is 2. The van der Waals surface area contributed by atoms with E-state index in [1.807, 2.05) is 0 Å². The number of ether oxygens (including phenoxy) is 2. The standard InChI is InChI=1S/C22H20F7N3O4/c1-8-7-31-13(18(30)33)6-12(8)32-19(34)17-14(9(2)21(3,36-17)22(27,28)29)10-4-5-11(23)15(24)16(10)35-20(25)26/h4-7,9,14,17,20H,1-3H3,(H2,30,33)(H,31,32,34)/t9-,14-,17+,21-/m0/s1. The molecule has 0 aliphatic carbocycles. The van der Waals surface area contributed by atoms with Crippen LogP contribution in [-0.4, -0.2) is 41.3 Å². The van der Waals surface area contributed by atoms with Crippen molar-refractivity contribution >= 4 is 17.5 Å². The highest BCUT2D eigenvalue weighted by Gasteiger charge is 2.66. The molecule has 1 fully saturated rings. The van der Waals surface area contributed by atoms with E-state index in [9.17, 15) is 40.3 Å². The molecule has 0 saturated carbocycles. The molecule has 36 heavy (non-hydrogen) atoms. The molecule has 1 saturated heterocycles. The van der Waals surface area contributed by atoms with Crippen LogP contribution < -0.4 is 15.8 Å². The van der Waals surface area contributed by atoms with Crippen LogP contribution in [0.1, 0.15) is 41.4 Å². The lowest BCUT2D eigenvalue weighted by atomic mass is 9.77. The molecule has 1 aliphatic heterocycles. The first-order valence-corrected chi connectivity index (χ1v) is 10.3. The number of halogens is 7. The van der Waals surface area contributed by atoms with Crippen molar-refractivity contribution < 1.29 is 49.8 Å². The van der Waals surface area contributed by atoms with Gasteiger partial charge >= 0.3 is 12.8 Å². The summed E-state index contributed by atoms with van der Waals surface area (Å²) in [5.41, 5.74) is 1.53. The van der Waals surface area contributed by atoms with Gasteiger partial charge in [-0.25, -0.2) is 4.39 Å². The van der Waals surface area contributed by atoms with Crippen LogP contribution in [-0.2, 0) is 9.53 Å². The van der Waals surface area contributed by atoms with Crippen LogP contribution in [0.5, 0.6) is 5.75 Å². The number of nitrogens with zero attached hydrogens (tertiary/aromatic N) is 1. The molecule has 0 bridgehead atoms. The number of hydrogen-bond acceptors (Lipinski definition) is 5. The van der Waals surface area contributed by atoms with Crippen LogP contribution in [0.25, 0.3) is 0 Å². The number of primary amides is 1. The zero-order chi connectivity index (χ0) is 27.2. The topological polar surface area (TPSA) is 104 Å². The van der Waals surface area contributed by atoms with Crippen LogP contribution in [0, 0.1) is 24.5 Å². The molecule has 1 aromatic carbocycles. The lowest BCUT2D eigenvalue weighted by Crippen LogP contribution is -2.47. The van der Waals surface area contributed by atoms with Crippen LogP contribution in [0.2, 0.25) is 0 Å². The summed E-state index contributed by atoms with van der Waals surface area (Å²) in [4.78, 5) is 28.4. The van der Waals surface area contributed by atoms with E-state index in [1.165, 1.54) is 13.1 Å². The third-order valence-corrected chi connectivity index (χ3v) is 6.19. The maximum atomic E-state index is 14.4. The molecule has 14 heteroatoms. The van der Waals surface area contributed by atoms with Gasteiger partial charge in [0.15, 0.2) is 17.2 Å². The summed E-state index contributed by atoms with van der Waals surface area (Å²) in [5.74, 6) is -10.3. The fourth-order valence-corrected chi connectivity index (χ4v) is 4.04. The van der Waals surface area contributed by atoms with Crippen molar-refractivity contribution in [2.75, 3.05) is 5.32 Å². The SMILES string of the molecule is Cc1cnc(C(N)=O)cc1NC(=O)[C@@H]1O[C@](C)(C(F)(F)F)[C@@H](C)[C@H]1c1ccc(F)c(F)c1OC(F)F. The van der Waals surface area contributed by atoms with E-state index >= 15 is 0 Å². The molecular formula is C22H20F7N3O4. The first-order chi connectivity index (χ1) is 16.6. The summed E-state index contributed by atoms with van der Waals surface area (Å²) in [5, 5.41) is 2.31. The number of alkyl halides is 5. The van der Waals surface area contributed by atoms with Crippen molar-refractivity contribution in [2.45, 2.75) is 51.2 Å². The quantitative estimate of drug-likeness (QED) is 0.545. The van der Waals surface area contributed by atoms with E-state index in [0.717, 1.165) is 19.1 Å². The number of hydrogen-bond donors (Lipinski definition) is 2. The van der Waals surface area contributed by atoms with Crippen LogP contribution in [0.15, 0.2) is 24.4 Å². The Balaban J connectivity index is 2.13. The van der Waals surface area contributed by atoms with Gasteiger partial charge in [0.2, 0.25) is 5.82 Å². The van der Waals surface area contributed by atoms with Gasteiger partial charge in [0.25, 0.3) is 11.8 Å². The van der Waals surface area contributed by atoms with Crippen LogP contribution in [0.3, 0.4) is 0 Å². The first-order valence-electron chi connectivity index (χ1n) is 10.3. The van der Waals surface area contributed by atoms with Crippen molar-refractivity contribution in [1.29, 1.82) is 0 Å². The van der Waals surface area contributed by atoms with Gasteiger partial charge in [-0.15, -0.1) is 0 Å². The molecule has 0 unspecified atom stereocenters. The Morgan fingerprint density at radius 1 is 1.25 bits per heavy atom. The Labute approximate surface area is 199 Å². The minimum Gasteiger partial charge on any atom is -0.431 e. The van der Waals surface area contributed by atoms with Crippen molar-refractivity contribution in [2.24, 2.45) is 11.7 Å². The second-order valence-electron chi connectivity index (χ2n) is 8.35. The fourth-order valence-electron chi connectivity index (χ4n) is 4.04. The number of aromatic nitrogens is 1. The zero-order valence-corrected chi connectivity index (χ0v) is 18.9. The molecule has 2 aromatic rings. The van der Waals surface area contributed by atoms with Crippen molar-refractivity contribution in [3.8, 4) is 5.75 Å². The summed E-state index contributed by atoms with van der Waals surface area (Å²) in [7, 11) is 0. The second kappa shape index (κ2) is 9.56. The van der Waals surface area contributed by atoms with Gasteiger partial charge in [0.05, 0.1) is 0 Å².